The topological polar surface area (TPSA) is 75.3 Å². The highest BCUT2D eigenvalue weighted by Crippen LogP contribution is 2.18. The van der Waals surface area contributed by atoms with Crippen LogP contribution in [0, 0.1) is 12.7 Å². The lowest BCUT2D eigenvalue weighted by Crippen LogP contribution is -2.24. The van der Waals surface area contributed by atoms with Crippen molar-refractivity contribution >= 4 is 21.6 Å². The van der Waals surface area contributed by atoms with Gasteiger partial charge in [0, 0.05) is 17.8 Å². The number of hydrogen-bond donors (Lipinski definition) is 2. The SMILES string of the molecule is Cc1ccc(S(=O)(=O)NCc2ccccc2)cc1C(=O)Nc1cccc(F)c1. The van der Waals surface area contributed by atoms with Gasteiger partial charge in [0.25, 0.3) is 5.91 Å². The first-order chi connectivity index (χ1) is 13.3. The number of carbonyl (C=O) groups is 1. The molecular weight excluding hydrogens is 379 g/mol. The van der Waals surface area contributed by atoms with E-state index in [2.05, 4.69) is 10.0 Å². The van der Waals surface area contributed by atoms with Gasteiger partial charge in [0.15, 0.2) is 0 Å². The van der Waals surface area contributed by atoms with E-state index in [9.17, 15) is 17.6 Å². The van der Waals surface area contributed by atoms with Crippen LogP contribution in [-0.4, -0.2) is 14.3 Å². The molecule has 1 amide bonds. The summed E-state index contributed by atoms with van der Waals surface area (Å²) in [6.07, 6.45) is 0. The Labute approximate surface area is 163 Å². The van der Waals surface area contributed by atoms with Crippen LogP contribution in [0.5, 0.6) is 0 Å². The quantitative estimate of drug-likeness (QED) is 0.662. The van der Waals surface area contributed by atoms with Crippen LogP contribution in [0.4, 0.5) is 10.1 Å². The summed E-state index contributed by atoms with van der Waals surface area (Å²) >= 11 is 0. The molecule has 2 N–H and O–H groups in total. The van der Waals surface area contributed by atoms with Gasteiger partial charge in [0.1, 0.15) is 5.82 Å². The minimum Gasteiger partial charge on any atom is -0.322 e. The number of benzene rings is 3. The second kappa shape index (κ2) is 8.33. The van der Waals surface area contributed by atoms with E-state index in [1.165, 1.54) is 30.3 Å². The smallest absolute Gasteiger partial charge is 0.255 e. The first-order valence-electron chi connectivity index (χ1n) is 8.56. The van der Waals surface area contributed by atoms with Gasteiger partial charge in [-0.25, -0.2) is 17.5 Å². The molecule has 0 saturated carbocycles. The van der Waals surface area contributed by atoms with Gasteiger partial charge in [-0.05, 0) is 48.4 Å². The number of rotatable bonds is 6. The van der Waals surface area contributed by atoms with E-state index in [4.69, 9.17) is 0 Å². The molecule has 0 aliphatic rings. The Balaban J connectivity index is 1.81. The third kappa shape index (κ3) is 4.82. The van der Waals surface area contributed by atoms with Crippen molar-refractivity contribution < 1.29 is 17.6 Å². The summed E-state index contributed by atoms with van der Waals surface area (Å²) in [6.45, 7) is 1.84. The molecule has 0 aromatic heterocycles. The van der Waals surface area contributed by atoms with Crippen LogP contribution in [0.3, 0.4) is 0 Å². The molecule has 0 aliphatic carbocycles. The van der Waals surface area contributed by atoms with Gasteiger partial charge in [0.2, 0.25) is 10.0 Å². The lowest BCUT2D eigenvalue weighted by molar-refractivity contribution is 0.102. The zero-order valence-electron chi connectivity index (χ0n) is 15.1. The van der Waals surface area contributed by atoms with Gasteiger partial charge in [-0.2, -0.15) is 0 Å². The molecule has 0 spiro atoms. The highest BCUT2D eigenvalue weighted by molar-refractivity contribution is 7.89. The number of aryl methyl sites for hydroxylation is 1. The standard InChI is InChI=1S/C21H19FN2O3S/c1-15-10-11-19(28(26,27)23-14-16-6-3-2-4-7-16)13-20(15)21(25)24-18-9-5-8-17(22)12-18/h2-13,23H,14H2,1H3,(H,24,25). The summed E-state index contributed by atoms with van der Waals surface area (Å²) < 4.78 is 41.0. The van der Waals surface area contributed by atoms with E-state index in [-0.39, 0.29) is 17.0 Å². The summed E-state index contributed by atoms with van der Waals surface area (Å²) in [4.78, 5) is 12.5. The van der Waals surface area contributed by atoms with Crippen LogP contribution in [0.15, 0.2) is 77.7 Å². The molecule has 0 unspecified atom stereocenters. The molecule has 0 bridgehead atoms. The maximum atomic E-state index is 13.3. The zero-order valence-corrected chi connectivity index (χ0v) is 16.0. The number of sulfonamides is 1. The third-order valence-electron chi connectivity index (χ3n) is 4.16. The minimum atomic E-state index is -3.80. The van der Waals surface area contributed by atoms with E-state index in [0.717, 1.165) is 5.56 Å². The largest absolute Gasteiger partial charge is 0.322 e. The van der Waals surface area contributed by atoms with E-state index in [1.807, 2.05) is 30.3 Å². The molecule has 0 atom stereocenters. The van der Waals surface area contributed by atoms with Crippen molar-refractivity contribution in [3.8, 4) is 0 Å². The molecule has 3 aromatic rings. The zero-order chi connectivity index (χ0) is 20.1. The van der Waals surface area contributed by atoms with Crippen molar-refractivity contribution in [1.82, 2.24) is 4.72 Å². The van der Waals surface area contributed by atoms with Crippen LogP contribution in [-0.2, 0) is 16.6 Å². The summed E-state index contributed by atoms with van der Waals surface area (Å²) in [5.41, 5.74) is 1.92. The molecule has 144 valence electrons. The molecule has 5 nitrogen and oxygen atoms in total. The molecule has 0 radical (unpaired) electrons. The molecule has 28 heavy (non-hydrogen) atoms. The van der Waals surface area contributed by atoms with Crippen molar-refractivity contribution in [2.45, 2.75) is 18.4 Å². The Morgan fingerprint density at radius 3 is 2.43 bits per heavy atom. The highest BCUT2D eigenvalue weighted by Gasteiger charge is 2.18. The van der Waals surface area contributed by atoms with Crippen molar-refractivity contribution in [2.75, 3.05) is 5.32 Å². The highest BCUT2D eigenvalue weighted by atomic mass is 32.2. The number of anilines is 1. The summed E-state index contributed by atoms with van der Waals surface area (Å²) in [7, 11) is -3.80. The van der Waals surface area contributed by atoms with Crippen molar-refractivity contribution in [2.24, 2.45) is 0 Å². The Morgan fingerprint density at radius 1 is 0.964 bits per heavy atom. The molecule has 0 heterocycles. The third-order valence-corrected chi connectivity index (χ3v) is 5.55. The van der Waals surface area contributed by atoms with E-state index < -0.39 is 21.7 Å². The van der Waals surface area contributed by atoms with Crippen molar-refractivity contribution in [3.05, 3.63) is 95.3 Å². The van der Waals surface area contributed by atoms with Crippen LogP contribution in [0.2, 0.25) is 0 Å². The molecule has 7 heteroatoms. The Kier molecular flexibility index (Phi) is 5.87. The van der Waals surface area contributed by atoms with E-state index in [0.29, 0.717) is 11.3 Å². The lowest BCUT2D eigenvalue weighted by atomic mass is 10.1. The van der Waals surface area contributed by atoms with Crippen molar-refractivity contribution in [3.63, 3.8) is 0 Å². The molecule has 3 rings (SSSR count). The van der Waals surface area contributed by atoms with E-state index in [1.54, 1.807) is 19.1 Å². The van der Waals surface area contributed by atoms with Crippen LogP contribution < -0.4 is 10.0 Å². The average molecular weight is 398 g/mol. The van der Waals surface area contributed by atoms with E-state index >= 15 is 0 Å². The first-order valence-corrected chi connectivity index (χ1v) is 10.0. The molecule has 0 fully saturated rings. The first kappa shape index (κ1) is 19.7. The summed E-state index contributed by atoms with van der Waals surface area (Å²) in [5.74, 6) is -0.987. The lowest BCUT2D eigenvalue weighted by Gasteiger charge is -2.11. The molecule has 0 saturated heterocycles. The maximum Gasteiger partial charge on any atom is 0.255 e. The van der Waals surface area contributed by atoms with Crippen LogP contribution in [0.1, 0.15) is 21.5 Å². The van der Waals surface area contributed by atoms with Crippen molar-refractivity contribution in [1.29, 1.82) is 0 Å². The number of carbonyl (C=O) groups excluding carboxylic acids is 1. The minimum absolute atomic E-state index is 0.0153. The maximum absolute atomic E-state index is 13.3. The van der Waals surface area contributed by atoms with Gasteiger partial charge >= 0.3 is 0 Å². The van der Waals surface area contributed by atoms with Gasteiger partial charge in [-0.1, -0.05) is 42.5 Å². The summed E-state index contributed by atoms with van der Waals surface area (Å²) in [5, 5.41) is 2.58. The van der Waals surface area contributed by atoms with Gasteiger partial charge < -0.3 is 5.32 Å². The summed E-state index contributed by atoms with van der Waals surface area (Å²) in [6, 6.07) is 18.9. The van der Waals surface area contributed by atoms with Gasteiger partial charge in [-0.15, -0.1) is 0 Å². The van der Waals surface area contributed by atoms with Gasteiger partial charge in [-0.3, -0.25) is 4.79 Å². The predicted octanol–water partition coefficient (Wildman–Crippen LogP) is 3.86. The van der Waals surface area contributed by atoms with Crippen LogP contribution >= 0.6 is 0 Å². The fraction of sp³-hybridized carbons (Fsp3) is 0.0952. The number of hydrogen-bond acceptors (Lipinski definition) is 3. The monoisotopic (exact) mass is 398 g/mol. The fourth-order valence-corrected chi connectivity index (χ4v) is 3.68. The normalized spacial score (nSPS) is 11.2. The average Bonchev–Trinajstić information content (AvgIpc) is 2.67. The Morgan fingerprint density at radius 2 is 1.71 bits per heavy atom. The number of amides is 1. The number of halogens is 1. The Hall–Kier alpha value is -3.03. The second-order valence-corrected chi connectivity index (χ2v) is 8.02. The predicted molar refractivity (Wildman–Crippen MR) is 106 cm³/mol. The molecule has 0 aliphatic heterocycles. The van der Waals surface area contributed by atoms with Crippen LogP contribution in [0.25, 0.3) is 0 Å². The Bertz CT molecular complexity index is 1100. The second-order valence-electron chi connectivity index (χ2n) is 6.25. The fourth-order valence-electron chi connectivity index (χ4n) is 2.64. The molecular formula is C21H19FN2O3S. The number of nitrogens with one attached hydrogen (secondary N) is 2. The molecule has 3 aromatic carbocycles. The van der Waals surface area contributed by atoms with Gasteiger partial charge in [0.05, 0.1) is 4.90 Å².